The van der Waals surface area contributed by atoms with Crippen LogP contribution in [0.4, 0.5) is 4.39 Å². The topological polar surface area (TPSA) is 48.7 Å². The van der Waals surface area contributed by atoms with Gasteiger partial charge in [-0.25, -0.2) is 9.37 Å². The molecule has 0 aromatic carbocycles. The first-order valence-corrected chi connectivity index (χ1v) is 7.12. The van der Waals surface area contributed by atoms with Crippen LogP contribution in [0.3, 0.4) is 0 Å². The van der Waals surface area contributed by atoms with Gasteiger partial charge in [-0.2, -0.15) is 0 Å². The van der Waals surface area contributed by atoms with Gasteiger partial charge in [0.1, 0.15) is 11.4 Å². The third kappa shape index (κ3) is 3.59. The molecule has 0 atom stereocenters. The summed E-state index contributed by atoms with van der Waals surface area (Å²) in [6, 6.07) is 2.83. The Hall–Kier alpha value is -1.93. The number of aromatic nitrogens is 1. The average molecular weight is 289 g/mol. The van der Waals surface area contributed by atoms with Gasteiger partial charge in [-0.15, -0.1) is 0 Å². The highest BCUT2D eigenvalue weighted by Crippen LogP contribution is 2.31. The largest absolute Gasteiger partial charge is 0.411 e. The van der Waals surface area contributed by atoms with Crippen molar-refractivity contribution in [2.24, 2.45) is 5.16 Å². The minimum Gasteiger partial charge on any atom is -0.411 e. The Balaban J connectivity index is 2.30. The fourth-order valence-corrected chi connectivity index (χ4v) is 2.67. The molecular formula is C16H20FN3O. The van der Waals surface area contributed by atoms with E-state index in [2.05, 4.69) is 26.9 Å². The molecule has 0 bridgehead atoms. The molecule has 0 radical (unpaired) electrons. The van der Waals surface area contributed by atoms with Crippen LogP contribution in [0, 0.1) is 17.7 Å². The molecule has 1 heterocycles. The first kappa shape index (κ1) is 15.5. The van der Waals surface area contributed by atoms with Gasteiger partial charge in [0.15, 0.2) is 5.82 Å². The molecule has 0 unspecified atom stereocenters. The van der Waals surface area contributed by atoms with Crippen molar-refractivity contribution in [2.45, 2.75) is 37.6 Å². The normalized spacial score (nSPS) is 17.7. The van der Waals surface area contributed by atoms with Crippen LogP contribution in [0.2, 0.25) is 0 Å². The molecule has 1 aromatic rings. The number of rotatable bonds is 2. The zero-order chi connectivity index (χ0) is 15.3. The van der Waals surface area contributed by atoms with E-state index in [-0.39, 0.29) is 11.2 Å². The van der Waals surface area contributed by atoms with Crippen molar-refractivity contribution >= 4 is 6.21 Å². The number of hydrogen-bond acceptors (Lipinski definition) is 4. The minimum absolute atomic E-state index is 0.00755. The zero-order valence-electron chi connectivity index (χ0n) is 12.4. The zero-order valence-corrected chi connectivity index (χ0v) is 12.4. The highest BCUT2D eigenvalue weighted by Gasteiger charge is 2.32. The Kier molecular flexibility index (Phi) is 4.92. The van der Waals surface area contributed by atoms with Gasteiger partial charge in [0.25, 0.3) is 0 Å². The number of hydrogen-bond donors (Lipinski definition) is 1. The van der Waals surface area contributed by atoms with Crippen LogP contribution in [0.1, 0.15) is 43.5 Å². The van der Waals surface area contributed by atoms with Gasteiger partial charge < -0.3 is 5.21 Å². The minimum atomic E-state index is -0.529. The van der Waals surface area contributed by atoms with E-state index in [0.29, 0.717) is 5.69 Å². The Morgan fingerprint density at radius 1 is 1.33 bits per heavy atom. The Labute approximate surface area is 124 Å². The Morgan fingerprint density at radius 2 is 2.05 bits per heavy atom. The van der Waals surface area contributed by atoms with Crippen LogP contribution in [0.5, 0.6) is 0 Å². The van der Waals surface area contributed by atoms with Gasteiger partial charge in [-0.1, -0.05) is 30.3 Å². The lowest BCUT2D eigenvalue weighted by Gasteiger charge is -2.38. The lowest BCUT2D eigenvalue weighted by molar-refractivity contribution is 0.161. The predicted octanol–water partition coefficient (Wildman–Crippen LogP) is 2.64. The van der Waals surface area contributed by atoms with E-state index in [1.54, 1.807) is 6.07 Å². The van der Waals surface area contributed by atoms with Crippen molar-refractivity contribution in [3.8, 4) is 11.8 Å². The summed E-state index contributed by atoms with van der Waals surface area (Å²) in [4.78, 5) is 6.23. The maximum Gasteiger partial charge on any atom is 0.150 e. The SMILES string of the molecule is CN(C)C1(C#Cc2ccc(F)c(/C=N/O)n2)CCCCC1. The van der Waals surface area contributed by atoms with Gasteiger partial charge in [-0.05, 0) is 45.0 Å². The quantitative estimate of drug-likeness (QED) is 0.394. The van der Waals surface area contributed by atoms with Gasteiger partial charge in [0.05, 0.1) is 11.8 Å². The summed E-state index contributed by atoms with van der Waals surface area (Å²) in [6.45, 7) is 0. The van der Waals surface area contributed by atoms with Crippen LogP contribution in [0.25, 0.3) is 0 Å². The van der Waals surface area contributed by atoms with Crippen molar-refractivity contribution in [3.63, 3.8) is 0 Å². The summed E-state index contributed by atoms with van der Waals surface area (Å²) in [5.41, 5.74) is 0.351. The fourth-order valence-electron chi connectivity index (χ4n) is 2.67. The van der Waals surface area contributed by atoms with Crippen molar-refractivity contribution < 1.29 is 9.60 Å². The van der Waals surface area contributed by atoms with Crippen molar-refractivity contribution in [1.29, 1.82) is 0 Å². The molecule has 1 aromatic heterocycles. The number of halogens is 1. The standard InChI is InChI=1S/C16H20FN3O/c1-20(2)16(9-4-3-5-10-16)11-8-13-6-7-14(17)15(19-13)12-18-21/h6-7,12,21H,3-5,9-10H2,1-2H3/b18-12+. The monoisotopic (exact) mass is 289 g/mol. The van der Waals surface area contributed by atoms with E-state index in [4.69, 9.17) is 5.21 Å². The lowest BCUT2D eigenvalue weighted by Crippen LogP contribution is -2.44. The molecule has 4 nitrogen and oxygen atoms in total. The van der Waals surface area contributed by atoms with Crippen LogP contribution in [-0.2, 0) is 0 Å². The predicted molar refractivity (Wildman–Crippen MR) is 80.0 cm³/mol. The Bertz CT molecular complexity index is 581. The van der Waals surface area contributed by atoms with Crippen LogP contribution in [-0.4, -0.2) is 40.9 Å². The molecular weight excluding hydrogens is 269 g/mol. The van der Waals surface area contributed by atoms with Crippen LogP contribution in [0.15, 0.2) is 17.3 Å². The molecule has 1 saturated carbocycles. The van der Waals surface area contributed by atoms with Crippen molar-refractivity contribution in [3.05, 3.63) is 29.3 Å². The van der Waals surface area contributed by atoms with E-state index in [1.165, 1.54) is 25.3 Å². The van der Waals surface area contributed by atoms with Gasteiger partial charge in [0, 0.05) is 0 Å². The van der Waals surface area contributed by atoms with Gasteiger partial charge >= 0.3 is 0 Å². The molecule has 0 amide bonds. The second kappa shape index (κ2) is 6.68. The summed E-state index contributed by atoms with van der Waals surface area (Å²) in [6.07, 6.45) is 6.66. The molecule has 0 saturated heterocycles. The fraction of sp³-hybridized carbons (Fsp3) is 0.500. The summed E-state index contributed by atoms with van der Waals surface area (Å²) in [5, 5.41) is 11.3. The van der Waals surface area contributed by atoms with Gasteiger partial charge in [-0.3, -0.25) is 4.90 Å². The maximum absolute atomic E-state index is 13.4. The van der Waals surface area contributed by atoms with E-state index in [0.717, 1.165) is 19.1 Å². The number of nitrogens with zero attached hydrogens (tertiary/aromatic N) is 3. The van der Waals surface area contributed by atoms with Crippen LogP contribution >= 0.6 is 0 Å². The molecule has 0 spiro atoms. The Morgan fingerprint density at radius 3 is 2.67 bits per heavy atom. The molecule has 5 heteroatoms. The van der Waals surface area contributed by atoms with E-state index >= 15 is 0 Å². The van der Waals surface area contributed by atoms with E-state index in [1.807, 2.05) is 14.1 Å². The lowest BCUT2D eigenvalue weighted by atomic mass is 9.81. The van der Waals surface area contributed by atoms with Crippen molar-refractivity contribution in [1.82, 2.24) is 9.88 Å². The first-order chi connectivity index (χ1) is 10.1. The molecule has 112 valence electrons. The molecule has 1 aliphatic carbocycles. The number of pyridine rings is 1. The smallest absolute Gasteiger partial charge is 0.150 e. The highest BCUT2D eigenvalue weighted by atomic mass is 19.1. The summed E-state index contributed by atoms with van der Waals surface area (Å²) in [5.74, 6) is 5.84. The molecule has 1 aliphatic rings. The number of oxime groups is 1. The third-order valence-electron chi connectivity index (χ3n) is 4.01. The third-order valence-corrected chi connectivity index (χ3v) is 4.01. The average Bonchev–Trinajstić information content (AvgIpc) is 2.49. The maximum atomic E-state index is 13.4. The molecule has 1 N–H and O–H groups in total. The van der Waals surface area contributed by atoms with Crippen molar-refractivity contribution in [2.75, 3.05) is 14.1 Å². The van der Waals surface area contributed by atoms with E-state index < -0.39 is 5.82 Å². The van der Waals surface area contributed by atoms with Gasteiger partial charge in [0.2, 0.25) is 0 Å². The first-order valence-electron chi connectivity index (χ1n) is 7.12. The summed E-state index contributed by atoms with van der Waals surface area (Å²) < 4.78 is 13.4. The molecule has 21 heavy (non-hydrogen) atoms. The molecule has 2 rings (SSSR count). The molecule has 1 fully saturated rings. The highest BCUT2D eigenvalue weighted by molar-refractivity contribution is 5.76. The summed E-state index contributed by atoms with van der Waals surface area (Å²) >= 11 is 0. The van der Waals surface area contributed by atoms with E-state index in [9.17, 15) is 4.39 Å². The van der Waals surface area contributed by atoms with Crippen LogP contribution < -0.4 is 0 Å². The summed E-state index contributed by atoms with van der Waals surface area (Å²) in [7, 11) is 4.09. The second-order valence-electron chi connectivity index (χ2n) is 5.54. The second-order valence-corrected chi connectivity index (χ2v) is 5.54. The molecule has 0 aliphatic heterocycles.